The summed E-state index contributed by atoms with van der Waals surface area (Å²) in [4.78, 5) is 23.1. The summed E-state index contributed by atoms with van der Waals surface area (Å²) in [6, 6.07) is 2.64. The normalized spacial score (nSPS) is 12.0. The van der Waals surface area contributed by atoms with Crippen LogP contribution >= 0.6 is 0 Å². The van der Waals surface area contributed by atoms with E-state index in [0.29, 0.717) is 6.07 Å². The van der Waals surface area contributed by atoms with Crippen LogP contribution in [-0.4, -0.2) is 37.1 Å². The van der Waals surface area contributed by atoms with Gasteiger partial charge in [-0.3, -0.25) is 9.59 Å². The highest BCUT2D eigenvalue weighted by molar-refractivity contribution is 6.02. The first-order valence-corrected chi connectivity index (χ1v) is 6.45. The molecule has 0 saturated heterocycles. The van der Waals surface area contributed by atoms with Gasteiger partial charge < -0.3 is 15.5 Å². The number of hydrogen-bond donors (Lipinski definition) is 3. The number of halogens is 2. The first kappa shape index (κ1) is 16.5. The van der Waals surface area contributed by atoms with Crippen LogP contribution in [0.5, 0.6) is 0 Å². The number of carboxylic acid groups (broad SMARTS) is 1. The molecule has 0 saturated carbocycles. The molecule has 8 nitrogen and oxygen atoms in total. The maximum Gasteiger partial charge on any atom is 0.303 e. The summed E-state index contributed by atoms with van der Waals surface area (Å²) in [7, 11) is 0. The third-order valence-corrected chi connectivity index (χ3v) is 2.80. The van der Waals surface area contributed by atoms with Gasteiger partial charge in [0.2, 0.25) is 0 Å². The highest BCUT2D eigenvalue weighted by Crippen LogP contribution is 2.16. The molecule has 1 unspecified atom stereocenters. The van der Waals surface area contributed by atoms with Crippen LogP contribution in [-0.2, 0) is 4.79 Å². The Bertz CT molecular complexity index is 735. The fourth-order valence-corrected chi connectivity index (χ4v) is 1.67. The summed E-state index contributed by atoms with van der Waals surface area (Å²) >= 11 is 0. The Morgan fingerprint density at radius 3 is 2.74 bits per heavy atom. The molecule has 0 spiro atoms. The molecule has 1 aromatic heterocycles. The average Bonchev–Trinajstić information content (AvgIpc) is 2.97. The predicted molar refractivity (Wildman–Crippen MR) is 72.5 cm³/mol. The van der Waals surface area contributed by atoms with Gasteiger partial charge in [0, 0.05) is 18.9 Å². The van der Waals surface area contributed by atoms with E-state index in [1.54, 1.807) is 0 Å². The SMILES string of the molecule is O=C(O)CCC(O)n1ncc(C(=O)Nc2ccc(F)cc2F)n1. The second-order valence-electron chi connectivity index (χ2n) is 4.54. The van der Waals surface area contributed by atoms with Gasteiger partial charge in [-0.25, -0.2) is 8.78 Å². The molecule has 23 heavy (non-hydrogen) atoms. The summed E-state index contributed by atoms with van der Waals surface area (Å²) in [5, 5.41) is 27.7. The van der Waals surface area contributed by atoms with E-state index in [1.807, 2.05) is 0 Å². The van der Waals surface area contributed by atoms with Crippen LogP contribution in [0, 0.1) is 11.6 Å². The lowest BCUT2D eigenvalue weighted by molar-refractivity contribution is -0.138. The van der Waals surface area contributed by atoms with Gasteiger partial charge in [-0.1, -0.05) is 0 Å². The first-order valence-electron chi connectivity index (χ1n) is 6.45. The fourth-order valence-electron chi connectivity index (χ4n) is 1.67. The lowest BCUT2D eigenvalue weighted by Gasteiger charge is -2.07. The highest BCUT2D eigenvalue weighted by atomic mass is 19.1. The Kier molecular flexibility index (Phi) is 4.96. The summed E-state index contributed by atoms with van der Waals surface area (Å²) in [6.45, 7) is 0. The van der Waals surface area contributed by atoms with Crippen LogP contribution in [0.3, 0.4) is 0 Å². The van der Waals surface area contributed by atoms with Crippen LogP contribution in [0.25, 0.3) is 0 Å². The number of hydrogen-bond acceptors (Lipinski definition) is 5. The van der Waals surface area contributed by atoms with Gasteiger partial charge in [0.05, 0.1) is 11.9 Å². The molecule has 0 aliphatic rings. The zero-order valence-corrected chi connectivity index (χ0v) is 11.6. The monoisotopic (exact) mass is 326 g/mol. The summed E-state index contributed by atoms with van der Waals surface area (Å²) in [5.74, 6) is -3.65. The van der Waals surface area contributed by atoms with Crippen LogP contribution < -0.4 is 5.32 Å². The molecule has 3 N–H and O–H groups in total. The van der Waals surface area contributed by atoms with Crippen molar-refractivity contribution in [2.45, 2.75) is 19.1 Å². The Hall–Kier alpha value is -2.88. The molecule has 0 fully saturated rings. The van der Waals surface area contributed by atoms with Crippen molar-refractivity contribution in [1.82, 2.24) is 15.0 Å². The van der Waals surface area contributed by atoms with Crippen molar-refractivity contribution in [2.75, 3.05) is 5.32 Å². The van der Waals surface area contributed by atoms with Crippen LogP contribution in [0.1, 0.15) is 29.6 Å². The van der Waals surface area contributed by atoms with Crippen LogP contribution in [0.2, 0.25) is 0 Å². The Balaban J connectivity index is 2.04. The lowest BCUT2D eigenvalue weighted by atomic mass is 10.3. The van der Waals surface area contributed by atoms with E-state index in [-0.39, 0.29) is 24.2 Å². The zero-order chi connectivity index (χ0) is 17.0. The van der Waals surface area contributed by atoms with Crippen LogP contribution in [0.4, 0.5) is 14.5 Å². The number of carboxylic acids is 1. The maximum absolute atomic E-state index is 13.4. The van der Waals surface area contributed by atoms with Crippen molar-refractivity contribution < 1.29 is 28.6 Å². The Morgan fingerprint density at radius 1 is 1.35 bits per heavy atom. The Morgan fingerprint density at radius 2 is 2.09 bits per heavy atom. The summed E-state index contributed by atoms with van der Waals surface area (Å²) < 4.78 is 26.2. The van der Waals surface area contributed by atoms with Crippen molar-refractivity contribution in [3.63, 3.8) is 0 Å². The highest BCUT2D eigenvalue weighted by Gasteiger charge is 2.17. The Labute approximate surface area is 128 Å². The molecule has 0 bridgehead atoms. The molecule has 10 heteroatoms. The molecule has 1 atom stereocenters. The van der Waals surface area contributed by atoms with E-state index >= 15 is 0 Å². The van der Waals surface area contributed by atoms with E-state index in [1.165, 1.54) is 0 Å². The molecule has 1 heterocycles. The standard InChI is InChI=1S/C13H12F2N4O4/c14-7-1-2-9(8(15)5-7)17-13(23)10-6-16-19(18-10)11(20)3-4-12(21)22/h1-2,5-6,11,20H,3-4H2,(H,17,23)(H,21,22). The molecule has 2 rings (SSSR count). The minimum Gasteiger partial charge on any atom is -0.481 e. The van der Waals surface area contributed by atoms with E-state index in [2.05, 4.69) is 15.5 Å². The second-order valence-corrected chi connectivity index (χ2v) is 4.54. The van der Waals surface area contributed by atoms with Gasteiger partial charge in [0.1, 0.15) is 11.6 Å². The predicted octanol–water partition coefficient (Wildman–Crippen LogP) is 1.16. The number of carbonyl (C=O) groups excluding carboxylic acids is 1. The smallest absolute Gasteiger partial charge is 0.303 e. The summed E-state index contributed by atoms with van der Waals surface area (Å²) in [6.07, 6.45) is -0.723. The lowest BCUT2D eigenvalue weighted by Crippen LogP contribution is -2.17. The van der Waals surface area contributed by atoms with Crippen molar-refractivity contribution in [1.29, 1.82) is 0 Å². The van der Waals surface area contributed by atoms with Crippen molar-refractivity contribution in [3.8, 4) is 0 Å². The van der Waals surface area contributed by atoms with E-state index in [0.717, 1.165) is 23.1 Å². The van der Waals surface area contributed by atoms with Gasteiger partial charge in [-0.05, 0) is 12.1 Å². The van der Waals surface area contributed by atoms with Gasteiger partial charge in [0.25, 0.3) is 5.91 Å². The number of aliphatic hydroxyl groups excluding tert-OH is 1. The minimum atomic E-state index is -1.31. The number of nitrogens with one attached hydrogen (secondary N) is 1. The number of aliphatic carboxylic acids is 1. The third kappa shape index (κ3) is 4.30. The first-order chi connectivity index (χ1) is 10.9. The molecular formula is C13H12F2N4O4. The molecule has 0 aliphatic carbocycles. The molecule has 0 radical (unpaired) electrons. The van der Waals surface area contributed by atoms with E-state index < -0.39 is 29.7 Å². The van der Waals surface area contributed by atoms with Gasteiger partial charge >= 0.3 is 5.97 Å². The number of benzene rings is 1. The second kappa shape index (κ2) is 6.92. The van der Waals surface area contributed by atoms with E-state index in [4.69, 9.17) is 5.11 Å². The number of anilines is 1. The number of aromatic nitrogens is 3. The number of rotatable bonds is 6. The van der Waals surface area contributed by atoms with Crippen molar-refractivity contribution in [2.24, 2.45) is 0 Å². The average molecular weight is 326 g/mol. The largest absolute Gasteiger partial charge is 0.481 e. The van der Waals surface area contributed by atoms with Crippen molar-refractivity contribution in [3.05, 3.63) is 41.7 Å². The topological polar surface area (TPSA) is 117 Å². The quantitative estimate of drug-likeness (QED) is 0.733. The number of carbonyl (C=O) groups is 2. The maximum atomic E-state index is 13.4. The van der Waals surface area contributed by atoms with Gasteiger partial charge in [-0.15, -0.1) is 5.10 Å². The summed E-state index contributed by atoms with van der Waals surface area (Å²) in [5.41, 5.74) is -0.458. The molecule has 0 aliphatic heterocycles. The number of amides is 1. The minimum absolute atomic E-state index is 0.141. The van der Waals surface area contributed by atoms with Gasteiger partial charge in [0.15, 0.2) is 11.9 Å². The molecule has 2 aromatic rings. The van der Waals surface area contributed by atoms with Crippen LogP contribution in [0.15, 0.2) is 24.4 Å². The fraction of sp³-hybridized carbons (Fsp3) is 0.231. The molecular weight excluding hydrogens is 314 g/mol. The van der Waals surface area contributed by atoms with Gasteiger partial charge in [-0.2, -0.15) is 9.90 Å². The zero-order valence-electron chi connectivity index (χ0n) is 11.6. The number of nitrogens with zero attached hydrogens (tertiary/aromatic N) is 3. The van der Waals surface area contributed by atoms with E-state index in [9.17, 15) is 23.5 Å². The molecule has 122 valence electrons. The third-order valence-electron chi connectivity index (χ3n) is 2.80. The molecule has 1 amide bonds. The molecule has 1 aromatic carbocycles. The number of aliphatic hydroxyl groups is 1. The van der Waals surface area contributed by atoms with Crippen molar-refractivity contribution >= 4 is 17.6 Å².